The molecule has 0 amide bonds. The molecule has 1 aromatic rings. The predicted octanol–water partition coefficient (Wildman–Crippen LogP) is 3.55. The third kappa shape index (κ3) is 3.30. The molecule has 0 spiro atoms. The van der Waals surface area contributed by atoms with Crippen LogP contribution in [-0.4, -0.2) is 19.7 Å². The van der Waals surface area contributed by atoms with Gasteiger partial charge in [0.1, 0.15) is 5.75 Å². The van der Waals surface area contributed by atoms with Crippen LogP contribution in [0.1, 0.15) is 44.1 Å². The average molecular weight is 259 g/mol. The van der Waals surface area contributed by atoms with E-state index in [0.717, 1.165) is 11.8 Å². The molecule has 0 saturated heterocycles. The number of rotatable bonds is 6. The van der Waals surface area contributed by atoms with Gasteiger partial charge in [-0.25, -0.2) is 0 Å². The minimum absolute atomic E-state index is 0.495. The molecule has 0 bridgehead atoms. The second-order valence-electron chi connectivity index (χ2n) is 6.39. The highest BCUT2D eigenvalue weighted by atomic mass is 16.5. The van der Waals surface area contributed by atoms with E-state index in [0.29, 0.717) is 5.41 Å². The van der Waals surface area contributed by atoms with Gasteiger partial charge in [-0.3, -0.25) is 0 Å². The van der Waals surface area contributed by atoms with Crippen LogP contribution in [0, 0.1) is 5.41 Å². The maximum absolute atomic E-state index is 5.34. The number of methoxy groups -OCH3 is 1. The zero-order valence-electron chi connectivity index (χ0n) is 12.0. The zero-order chi connectivity index (χ0) is 13.1. The van der Waals surface area contributed by atoms with Crippen molar-refractivity contribution in [2.45, 2.75) is 51.0 Å². The molecule has 2 saturated carbocycles. The van der Waals surface area contributed by atoms with Gasteiger partial charge in [-0.1, -0.05) is 25.0 Å². The molecule has 0 unspecified atom stereocenters. The molecule has 2 aliphatic rings. The van der Waals surface area contributed by atoms with Crippen molar-refractivity contribution in [3.8, 4) is 5.75 Å². The molecule has 0 aromatic heterocycles. The van der Waals surface area contributed by atoms with Crippen LogP contribution in [-0.2, 0) is 6.42 Å². The van der Waals surface area contributed by atoms with Gasteiger partial charge in [0, 0.05) is 12.6 Å². The molecule has 0 atom stereocenters. The zero-order valence-corrected chi connectivity index (χ0v) is 12.0. The first kappa shape index (κ1) is 13.0. The lowest BCUT2D eigenvalue weighted by Crippen LogP contribution is -2.35. The highest BCUT2D eigenvalue weighted by Crippen LogP contribution is 2.41. The Bertz CT molecular complexity index is 419. The number of nitrogens with one attached hydrogen (secondary N) is 1. The lowest BCUT2D eigenvalue weighted by atomic mass is 9.80. The molecule has 3 rings (SSSR count). The fraction of sp³-hybridized carbons (Fsp3) is 0.647. The fourth-order valence-corrected chi connectivity index (χ4v) is 3.40. The Labute approximate surface area is 116 Å². The van der Waals surface area contributed by atoms with E-state index in [2.05, 4.69) is 23.5 Å². The molecule has 0 radical (unpaired) electrons. The van der Waals surface area contributed by atoms with Crippen LogP contribution in [0.3, 0.4) is 0 Å². The summed E-state index contributed by atoms with van der Waals surface area (Å²) in [6, 6.07) is 9.43. The Morgan fingerprint density at radius 1 is 1.26 bits per heavy atom. The molecule has 1 N–H and O–H groups in total. The SMILES string of the molecule is COc1cccc(CC2(CNC3CC3)CCCC2)c1. The monoisotopic (exact) mass is 259 g/mol. The summed E-state index contributed by atoms with van der Waals surface area (Å²) in [5, 5.41) is 3.76. The van der Waals surface area contributed by atoms with E-state index in [1.165, 1.54) is 57.1 Å². The Hall–Kier alpha value is -1.02. The summed E-state index contributed by atoms with van der Waals surface area (Å²) in [6.45, 7) is 1.20. The summed E-state index contributed by atoms with van der Waals surface area (Å²) in [5.41, 5.74) is 1.92. The molecule has 2 aliphatic carbocycles. The summed E-state index contributed by atoms with van der Waals surface area (Å²) >= 11 is 0. The van der Waals surface area contributed by atoms with Crippen LogP contribution < -0.4 is 10.1 Å². The fourth-order valence-electron chi connectivity index (χ4n) is 3.40. The topological polar surface area (TPSA) is 21.3 Å². The van der Waals surface area contributed by atoms with Gasteiger partial charge in [-0.15, -0.1) is 0 Å². The number of benzene rings is 1. The van der Waals surface area contributed by atoms with Gasteiger partial charge in [0.05, 0.1) is 7.11 Å². The second kappa shape index (κ2) is 5.54. The third-order valence-corrected chi connectivity index (χ3v) is 4.72. The normalized spacial score (nSPS) is 21.5. The van der Waals surface area contributed by atoms with E-state index in [4.69, 9.17) is 4.74 Å². The maximum atomic E-state index is 5.34. The van der Waals surface area contributed by atoms with Crippen LogP contribution in [0.2, 0.25) is 0 Å². The van der Waals surface area contributed by atoms with Crippen molar-refractivity contribution in [2.75, 3.05) is 13.7 Å². The molecule has 2 heteroatoms. The summed E-state index contributed by atoms with van der Waals surface area (Å²) in [6.07, 6.45) is 9.52. The van der Waals surface area contributed by atoms with E-state index in [1.807, 2.05) is 6.07 Å². The van der Waals surface area contributed by atoms with Gasteiger partial charge >= 0.3 is 0 Å². The number of hydrogen-bond acceptors (Lipinski definition) is 2. The summed E-state index contributed by atoms with van der Waals surface area (Å²) in [5.74, 6) is 0.987. The van der Waals surface area contributed by atoms with E-state index >= 15 is 0 Å². The smallest absolute Gasteiger partial charge is 0.119 e. The molecule has 2 fully saturated rings. The first-order valence-electron chi connectivity index (χ1n) is 7.66. The molecule has 1 aromatic carbocycles. The second-order valence-corrected chi connectivity index (χ2v) is 6.39. The van der Waals surface area contributed by atoms with Crippen LogP contribution in [0.25, 0.3) is 0 Å². The summed E-state index contributed by atoms with van der Waals surface area (Å²) in [4.78, 5) is 0. The van der Waals surface area contributed by atoms with Crippen molar-refractivity contribution in [1.29, 1.82) is 0 Å². The average Bonchev–Trinajstić information content (AvgIpc) is 3.17. The van der Waals surface area contributed by atoms with E-state index in [9.17, 15) is 0 Å². The highest BCUT2D eigenvalue weighted by Gasteiger charge is 2.35. The van der Waals surface area contributed by atoms with E-state index in [1.54, 1.807) is 7.11 Å². The lowest BCUT2D eigenvalue weighted by molar-refractivity contribution is 0.276. The van der Waals surface area contributed by atoms with Crippen LogP contribution in [0.15, 0.2) is 24.3 Å². The summed E-state index contributed by atoms with van der Waals surface area (Å²) < 4.78 is 5.34. The minimum Gasteiger partial charge on any atom is -0.497 e. The van der Waals surface area contributed by atoms with Gasteiger partial charge in [-0.2, -0.15) is 0 Å². The standard InChI is InChI=1S/C17H25NO/c1-19-16-6-4-5-14(11-16)12-17(9-2-3-10-17)13-18-15-7-8-15/h4-6,11,15,18H,2-3,7-10,12-13H2,1H3. The summed E-state index contributed by atoms with van der Waals surface area (Å²) in [7, 11) is 1.75. The first-order chi connectivity index (χ1) is 9.30. The van der Waals surface area contributed by atoms with Crippen molar-refractivity contribution in [3.05, 3.63) is 29.8 Å². The van der Waals surface area contributed by atoms with Gasteiger partial charge in [0.25, 0.3) is 0 Å². The first-order valence-corrected chi connectivity index (χ1v) is 7.66. The molecular formula is C17H25NO. The maximum Gasteiger partial charge on any atom is 0.119 e. The molecule has 0 heterocycles. The van der Waals surface area contributed by atoms with Crippen molar-refractivity contribution in [2.24, 2.45) is 5.41 Å². The van der Waals surface area contributed by atoms with Crippen LogP contribution in [0.5, 0.6) is 5.75 Å². The lowest BCUT2D eigenvalue weighted by Gasteiger charge is -2.30. The molecular weight excluding hydrogens is 234 g/mol. The number of ether oxygens (including phenoxy) is 1. The minimum atomic E-state index is 0.495. The Morgan fingerprint density at radius 2 is 2.05 bits per heavy atom. The predicted molar refractivity (Wildman–Crippen MR) is 78.6 cm³/mol. The molecule has 19 heavy (non-hydrogen) atoms. The Kier molecular flexibility index (Phi) is 3.79. The van der Waals surface area contributed by atoms with E-state index in [-0.39, 0.29) is 0 Å². The van der Waals surface area contributed by atoms with Crippen molar-refractivity contribution in [1.82, 2.24) is 5.32 Å². The third-order valence-electron chi connectivity index (χ3n) is 4.72. The van der Waals surface area contributed by atoms with Gasteiger partial charge < -0.3 is 10.1 Å². The van der Waals surface area contributed by atoms with E-state index < -0.39 is 0 Å². The van der Waals surface area contributed by atoms with Crippen molar-refractivity contribution >= 4 is 0 Å². The van der Waals surface area contributed by atoms with Crippen LogP contribution >= 0.6 is 0 Å². The van der Waals surface area contributed by atoms with Gasteiger partial charge in [0.2, 0.25) is 0 Å². The van der Waals surface area contributed by atoms with Crippen LogP contribution in [0.4, 0.5) is 0 Å². The molecule has 0 aliphatic heterocycles. The quantitative estimate of drug-likeness (QED) is 0.843. The molecule has 2 nitrogen and oxygen atoms in total. The van der Waals surface area contributed by atoms with Gasteiger partial charge in [-0.05, 0) is 55.2 Å². The Morgan fingerprint density at radius 3 is 2.74 bits per heavy atom. The van der Waals surface area contributed by atoms with Gasteiger partial charge in [0.15, 0.2) is 0 Å². The highest BCUT2D eigenvalue weighted by molar-refractivity contribution is 5.29. The molecule has 104 valence electrons. The van der Waals surface area contributed by atoms with Crippen molar-refractivity contribution < 1.29 is 4.74 Å². The Balaban J connectivity index is 1.68. The van der Waals surface area contributed by atoms with Crippen molar-refractivity contribution in [3.63, 3.8) is 0 Å². The largest absolute Gasteiger partial charge is 0.497 e. The number of hydrogen-bond donors (Lipinski definition) is 1.